The van der Waals surface area contributed by atoms with Crippen LogP contribution in [0.15, 0.2) is 47.8 Å². The lowest BCUT2D eigenvalue weighted by Gasteiger charge is -2.15. The number of benzene rings is 1. The minimum Gasteiger partial charge on any atom is -0.508 e. The number of rotatable bonds is 5. The van der Waals surface area contributed by atoms with Gasteiger partial charge in [-0.25, -0.2) is 0 Å². The number of ketones is 2. The van der Waals surface area contributed by atoms with Crippen LogP contribution < -0.4 is 10.6 Å². The van der Waals surface area contributed by atoms with Crippen molar-refractivity contribution in [1.82, 2.24) is 5.32 Å². The summed E-state index contributed by atoms with van der Waals surface area (Å²) in [7, 11) is 0. The van der Waals surface area contributed by atoms with Gasteiger partial charge in [0.25, 0.3) is 0 Å². The number of nitrogens with one attached hydrogen (secondary N) is 2. The molecule has 104 valence electrons. The summed E-state index contributed by atoms with van der Waals surface area (Å²) < 4.78 is 0. The monoisotopic (exact) mass is 274 g/mol. The number of phenolic OH excluding ortho intramolecular Hbond substituents is 1. The molecule has 0 saturated carbocycles. The van der Waals surface area contributed by atoms with Crippen molar-refractivity contribution >= 4 is 17.3 Å². The van der Waals surface area contributed by atoms with Gasteiger partial charge in [-0.2, -0.15) is 0 Å². The third kappa shape index (κ3) is 3.24. The van der Waals surface area contributed by atoms with Crippen molar-refractivity contribution in [3.05, 3.63) is 47.8 Å². The Morgan fingerprint density at radius 3 is 2.20 bits per heavy atom. The summed E-state index contributed by atoms with van der Waals surface area (Å²) in [5, 5.41) is 23.4. The van der Waals surface area contributed by atoms with Crippen LogP contribution >= 0.6 is 0 Å². The molecular weight excluding hydrogens is 260 g/mol. The second kappa shape index (κ2) is 6.03. The number of phenols is 1. The first-order valence-corrected chi connectivity index (χ1v) is 6.03. The average molecular weight is 274 g/mol. The Balaban J connectivity index is 2.09. The van der Waals surface area contributed by atoms with E-state index in [2.05, 4.69) is 10.6 Å². The first-order valence-electron chi connectivity index (χ1n) is 6.03. The Labute approximate surface area is 115 Å². The zero-order chi connectivity index (χ0) is 14.5. The molecule has 0 saturated heterocycles. The molecule has 2 rings (SSSR count). The highest BCUT2D eigenvalue weighted by molar-refractivity contribution is 6.20. The van der Waals surface area contributed by atoms with Gasteiger partial charge in [0.15, 0.2) is 0 Å². The molecule has 0 aromatic heterocycles. The highest BCUT2D eigenvalue weighted by Crippen LogP contribution is 2.18. The molecule has 1 aromatic rings. The van der Waals surface area contributed by atoms with Gasteiger partial charge >= 0.3 is 0 Å². The molecule has 0 amide bonds. The van der Waals surface area contributed by atoms with Crippen molar-refractivity contribution in [2.24, 2.45) is 0 Å². The molecular formula is C14H14N2O4. The van der Waals surface area contributed by atoms with Crippen LogP contribution in [-0.4, -0.2) is 34.9 Å². The number of hydrogen-bond donors (Lipinski definition) is 4. The van der Waals surface area contributed by atoms with Crippen molar-refractivity contribution in [3.8, 4) is 5.75 Å². The number of allylic oxidation sites excluding steroid dienone is 2. The highest BCUT2D eigenvalue weighted by Gasteiger charge is 2.20. The minimum atomic E-state index is -0.335. The number of aromatic hydroxyl groups is 1. The third-order valence-electron chi connectivity index (χ3n) is 2.66. The maximum Gasteiger partial charge on any atom is 0.204 e. The lowest BCUT2D eigenvalue weighted by Crippen LogP contribution is -2.28. The number of aliphatic hydroxyl groups excluding tert-OH is 1. The van der Waals surface area contributed by atoms with Gasteiger partial charge in [-0.3, -0.25) is 9.59 Å². The van der Waals surface area contributed by atoms with Gasteiger partial charge in [-0.1, -0.05) is 0 Å². The fraction of sp³-hybridized carbons (Fsp3) is 0.143. The summed E-state index contributed by atoms with van der Waals surface area (Å²) in [6, 6.07) is 6.14. The normalized spacial score (nSPS) is 14.7. The second-order valence-electron chi connectivity index (χ2n) is 4.17. The fourth-order valence-electron chi connectivity index (χ4n) is 1.69. The standard InChI is InChI=1S/C14H14N2O4/c17-6-5-15-11-7-14(20)12(8-13(11)19)16-9-1-3-10(18)4-2-9/h1-4,7-8,15-18H,5-6H2. The SMILES string of the molecule is O=C1C=C(Nc2ccc(O)cc2)C(=O)C=C1NCCO. The van der Waals surface area contributed by atoms with Crippen molar-refractivity contribution in [1.29, 1.82) is 0 Å². The van der Waals surface area contributed by atoms with E-state index < -0.39 is 0 Å². The molecule has 0 bridgehead atoms. The molecule has 6 nitrogen and oxygen atoms in total. The maximum atomic E-state index is 11.9. The van der Waals surface area contributed by atoms with E-state index >= 15 is 0 Å². The summed E-state index contributed by atoms with van der Waals surface area (Å²) in [5.41, 5.74) is 0.922. The smallest absolute Gasteiger partial charge is 0.204 e. The van der Waals surface area contributed by atoms with E-state index in [-0.39, 0.29) is 41.9 Å². The van der Waals surface area contributed by atoms with Crippen molar-refractivity contribution in [2.45, 2.75) is 0 Å². The predicted octanol–water partition coefficient (Wildman–Crippen LogP) is 0.306. The number of carbonyl (C=O) groups excluding carboxylic acids is 2. The largest absolute Gasteiger partial charge is 0.508 e. The van der Waals surface area contributed by atoms with Gasteiger partial charge in [-0.15, -0.1) is 0 Å². The number of hydrogen-bond acceptors (Lipinski definition) is 6. The van der Waals surface area contributed by atoms with Crippen LogP contribution in [0, 0.1) is 0 Å². The topological polar surface area (TPSA) is 98.7 Å². The molecule has 4 N–H and O–H groups in total. The summed E-state index contributed by atoms with van der Waals surface area (Å²) in [4.78, 5) is 23.7. The third-order valence-corrected chi connectivity index (χ3v) is 2.66. The van der Waals surface area contributed by atoms with Crippen LogP contribution in [0.5, 0.6) is 5.75 Å². The van der Waals surface area contributed by atoms with E-state index in [0.29, 0.717) is 5.69 Å². The lowest BCUT2D eigenvalue weighted by atomic mass is 10.1. The van der Waals surface area contributed by atoms with Gasteiger partial charge in [-0.05, 0) is 24.3 Å². The molecule has 0 radical (unpaired) electrons. The zero-order valence-corrected chi connectivity index (χ0v) is 10.6. The maximum absolute atomic E-state index is 11.9. The summed E-state index contributed by atoms with van der Waals surface area (Å²) in [6.45, 7) is 0.0839. The highest BCUT2D eigenvalue weighted by atomic mass is 16.3. The predicted molar refractivity (Wildman–Crippen MR) is 73.0 cm³/mol. The molecule has 0 aliphatic heterocycles. The van der Waals surface area contributed by atoms with E-state index in [1.165, 1.54) is 24.3 Å². The summed E-state index contributed by atoms with van der Waals surface area (Å²) in [5.74, 6) is -0.552. The molecule has 6 heteroatoms. The van der Waals surface area contributed by atoms with Gasteiger partial charge < -0.3 is 20.8 Å². The molecule has 20 heavy (non-hydrogen) atoms. The van der Waals surface area contributed by atoms with Gasteiger partial charge in [0.1, 0.15) is 5.75 Å². The van der Waals surface area contributed by atoms with Crippen molar-refractivity contribution in [3.63, 3.8) is 0 Å². The fourth-order valence-corrected chi connectivity index (χ4v) is 1.69. The number of carbonyl (C=O) groups is 2. The van der Waals surface area contributed by atoms with E-state index in [1.54, 1.807) is 12.1 Å². The van der Waals surface area contributed by atoms with E-state index in [1.807, 2.05) is 0 Å². The van der Waals surface area contributed by atoms with Crippen LogP contribution in [0.2, 0.25) is 0 Å². The molecule has 0 atom stereocenters. The Kier molecular flexibility index (Phi) is 4.17. The molecule has 0 heterocycles. The van der Waals surface area contributed by atoms with E-state index in [9.17, 15) is 14.7 Å². The van der Waals surface area contributed by atoms with Crippen molar-refractivity contribution < 1.29 is 19.8 Å². The Hall–Kier alpha value is -2.60. The Morgan fingerprint density at radius 2 is 1.55 bits per heavy atom. The molecule has 1 aliphatic carbocycles. The Morgan fingerprint density at radius 1 is 0.950 bits per heavy atom. The summed E-state index contributed by atoms with van der Waals surface area (Å²) >= 11 is 0. The second-order valence-corrected chi connectivity index (χ2v) is 4.17. The summed E-state index contributed by atoms with van der Waals surface area (Å²) in [6.07, 6.45) is 2.40. The van der Waals surface area contributed by atoms with Crippen LogP contribution in [-0.2, 0) is 9.59 Å². The number of aliphatic hydroxyl groups is 1. The Bertz CT molecular complexity index is 588. The molecule has 0 unspecified atom stereocenters. The van der Waals surface area contributed by atoms with Gasteiger partial charge in [0, 0.05) is 24.4 Å². The van der Waals surface area contributed by atoms with Crippen LogP contribution in [0.3, 0.4) is 0 Å². The van der Waals surface area contributed by atoms with Crippen LogP contribution in [0.25, 0.3) is 0 Å². The first-order chi connectivity index (χ1) is 9.60. The first kappa shape index (κ1) is 13.8. The van der Waals surface area contributed by atoms with E-state index in [4.69, 9.17) is 5.11 Å². The average Bonchev–Trinajstić information content (AvgIpc) is 2.43. The molecule has 0 fully saturated rings. The van der Waals surface area contributed by atoms with Crippen molar-refractivity contribution in [2.75, 3.05) is 18.5 Å². The zero-order valence-electron chi connectivity index (χ0n) is 10.6. The molecule has 0 spiro atoms. The van der Waals surface area contributed by atoms with Gasteiger partial charge in [0.2, 0.25) is 11.6 Å². The number of anilines is 1. The van der Waals surface area contributed by atoms with Crippen LogP contribution in [0.1, 0.15) is 0 Å². The van der Waals surface area contributed by atoms with Gasteiger partial charge in [0.05, 0.1) is 18.0 Å². The molecule has 1 aliphatic rings. The lowest BCUT2D eigenvalue weighted by molar-refractivity contribution is -0.115. The quantitative estimate of drug-likeness (QED) is 0.455. The van der Waals surface area contributed by atoms with Crippen LogP contribution in [0.4, 0.5) is 5.69 Å². The molecule has 1 aromatic carbocycles. The minimum absolute atomic E-state index is 0.117. The van der Waals surface area contributed by atoms with E-state index in [0.717, 1.165) is 0 Å².